The molecule has 126 valence electrons. The van der Waals surface area contributed by atoms with Gasteiger partial charge in [-0.3, -0.25) is 9.48 Å². The first-order valence-corrected chi connectivity index (χ1v) is 8.42. The topological polar surface area (TPSA) is 97.4 Å². The lowest BCUT2D eigenvalue weighted by Crippen LogP contribution is -2.24. The lowest BCUT2D eigenvalue weighted by molar-refractivity contribution is 0.0795. The van der Waals surface area contributed by atoms with Gasteiger partial charge in [0.2, 0.25) is 10.0 Å². The fraction of sp³-hybridized carbons (Fsp3) is 0.429. The maximum absolute atomic E-state index is 12.4. The van der Waals surface area contributed by atoms with E-state index in [0.29, 0.717) is 17.1 Å². The van der Waals surface area contributed by atoms with E-state index in [9.17, 15) is 13.2 Å². The highest BCUT2D eigenvalue weighted by atomic mass is 32.2. The SMILES string of the molecule is Cc1nn(C)c(C)c1S(=O)(=O)NCc1ccc(C(=O)N(C)C)o1. The summed E-state index contributed by atoms with van der Waals surface area (Å²) < 4.78 is 34.2. The Morgan fingerprint density at radius 2 is 2.00 bits per heavy atom. The van der Waals surface area contributed by atoms with Crippen LogP contribution < -0.4 is 4.72 Å². The molecule has 2 heterocycles. The van der Waals surface area contributed by atoms with Crippen molar-refractivity contribution in [2.75, 3.05) is 14.1 Å². The summed E-state index contributed by atoms with van der Waals surface area (Å²) in [5, 5.41) is 4.10. The van der Waals surface area contributed by atoms with Crippen LogP contribution in [0.2, 0.25) is 0 Å². The molecular weight excluding hydrogens is 320 g/mol. The Balaban J connectivity index is 2.16. The van der Waals surface area contributed by atoms with Crippen LogP contribution >= 0.6 is 0 Å². The molecule has 0 unspecified atom stereocenters. The van der Waals surface area contributed by atoms with Gasteiger partial charge in [-0.15, -0.1) is 0 Å². The molecule has 0 radical (unpaired) electrons. The van der Waals surface area contributed by atoms with Crippen molar-refractivity contribution in [3.8, 4) is 0 Å². The number of amides is 1. The van der Waals surface area contributed by atoms with Gasteiger partial charge in [0.25, 0.3) is 5.91 Å². The average molecular weight is 340 g/mol. The van der Waals surface area contributed by atoms with E-state index in [1.807, 2.05) is 0 Å². The van der Waals surface area contributed by atoms with E-state index in [0.717, 1.165) is 0 Å². The largest absolute Gasteiger partial charge is 0.455 e. The molecule has 0 aliphatic carbocycles. The number of hydrogen-bond donors (Lipinski definition) is 1. The van der Waals surface area contributed by atoms with Gasteiger partial charge in [0.05, 0.1) is 17.9 Å². The molecule has 2 aromatic rings. The molecule has 0 bridgehead atoms. The lowest BCUT2D eigenvalue weighted by atomic mass is 10.4. The molecule has 1 N–H and O–H groups in total. The highest BCUT2D eigenvalue weighted by molar-refractivity contribution is 7.89. The number of hydrogen-bond acceptors (Lipinski definition) is 5. The van der Waals surface area contributed by atoms with Crippen LogP contribution in [0.25, 0.3) is 0 Å². The number of aryl methyl sites for hydroxylation is 2. The van der Waals surface area contributed by atoms with E-state index in [4.69, 9.17) is 4.42 Å². The van der Waals surface area contributed by atoms with Crippen molar-refractivity contribution >= 4 is 15.9 Å². The van der Waals surface area contributed by atoms with E-state index in [1.54, 1.807) is 41.1 Å². The summed E-state index contributed by atoms with van der Waals surface area (Å²) in [6.07, 6.45) is 0. The predicted molar refractivity (Wildman–Crippen MR) is 83.4 cm³/mol. The molecule has 0 aromatic carbocycles. The molecule has 0 saturated carbocycles. The van der Waals surface area contributed by atoms with Crippen molar-refractivity contribution < 1.29 is 17.6 Å². The number of carbonyl (C=O) groups is 1. The number of aromatic nitrogens is 2. The maximum Gasteiger partial charge on any atom is 0.289 e. The van der Waals surface area contributed by atoms with Crippen LogP contribution in [0.15, 0.2) is 21.4 Å². The van der Waals surface area contributed by atoms with Gasteiger partial charge in [-0.2, -0.15) is 5.10 Å². The van der Waals surface area contributed by atoms with Gasteiger partial charge in [-0.05, 0) is 26.0 Å². The monoisotopic (exact) mass is 340 g/mol. The van der Waals surface area contributed by atoms with Crippen LogP contribution in [0.4, 0.5) is 0 Å². The van der Waals surface area contributed by atoms with Crippen LogP contribution in [-0.4, -0.2) is 43.1 Å². The van der Waals surface area contributed by atoms with Gasteiger partial charge in [0.1, 0.15) is 10.7 Å². The highest BCUT2D eigenvalue weighted by Gasteiger charge is 2.24. The third-order valence-corrected chi connectivity index (χ3v) is 5.08. The molecule has 0 aliphatic heterocycles. The van der Waals surface area contributed by atoms with Crippen molar-refractivity contribution in [1.82, 2.24) is 19.4 Å². The minimum absolute atomic E-state index is 0.0448. The summed E-state index contributed by atoms with van der Waals surface area (Å²) >= 11 is 0. The van der Waals surface area contributed by atoms with E-state index < -0.39 is 10.0 Å². The Morgan fingerprint density at radius 1 is 1.35 bits per heavy atom. The Kier molecular flexibility index (Phi) is 4.62. The molecule has 8 nitrogen and oxygen atoms in total. The van der Waals surface area contributed by atoms with Crippen molar-refractivity contribution in [3.05, 3.63) is 35.0 Å². The second kappa shape index (κ2) is 6.17. The number of furan rings is 1. The minimum atomic E-state index is -3.71. The Labute approximate surface area is 135 Å². The van der Waals surface area contributed by atoms with E-state index >= 15 is 0 Å². The Morgan fingerprint density at radius 3 is 2.52 bits per heavy atom. The van der Waals surface area contributed by atoms with Crippen LogP contribution in [0.1, 0.15) is 27.7 Å². The highest BCUT2D eigenvalue weighted by Crippen LogP contribution is 2.19. The first kappa shape index (κ1) is 17.2. The zero-order chi connectivity index (χ0) is 17.4. The third-order valence-electron chi connectivity index (χ3n) is 3.43. The van der Waals surface area contributed by atoms with Gasteiger partial charge >= 0.3 is 0 Å². The van der Waals surface area contributed by atoms with E-state index in [2.05, 4.69) is 9.82 Å². The summed E-state index contributed by atoms with van der Waals surface area (Å²) in [5.41, 5.74) is 0.985. The molecule has 0 saturated heterocycles. The third kappa shape index (κ3) is 3.45. The maximum atomic E-state index is 12.4. The van der Waals surface area contributed by atoms with Gasteiger partial charge < -0.3 is 9.32 Å². The Bertz CT molecular complexity index is 833. The van der Waals surface area contributed by atoms with Crippen LogP contribution in [-0.2, 0) is 23.6 Å². The van der Waals surface area contributed by atoms with Gasteiger partial charge in [0.15, 0.2) is 5.76 Å². The smallest absolute Gasteiger partial charge is 0.289 e. The zero-order valence-corrected chi connectivity index (χ0v) is 14.6. The number of sulfonamides is 1. The predicted octanol–water partition coefficient (Wildman–Crippen LogP) is 0.810. The minimum Gasteiger partial charge on any atom is -0.455 e. The average Bonchev–Trinajstić information content (AvgIpc) is 3.01. The molecule has 23 heavy (non-hydrogen) atoms. The van der Waals surface area contributed by atoms with Gasteiger partial charge in [-0.25, -0.2) is 13.1 Å². The number of nitrogens with one attached hydrogen (secondary N) is 1. The normalized spacial score (nSPS) is 11.7. The second-order valence-corrected chi connectivity index (χ2v) is 7.12. The fourth-order valence-electron chi connectivity index (χ4n) is 2.19. The van der Waals surface area contributed by atoms with Gasteiger partial charge in [-0.1, -0.05) is 0 Å². The first-order chi connectivity index (χ1) is 10.6. The van der Waals surface area contributed by atoms with E-state index in [1.165, 1.54) is 15.6 Å². The summed E-state index contributed by atoms with van der Waals surface area (Å²) in [6, 6.07) is 3.09. The van der Waals surface area contributed by atoms with Crippen molar-refractivity contribution in [2.45, 2.75) is 25.3 Å². The molecule has 2 aromatic heterocycles. The van der Waals surface area contributed by atoms with Crippen molar-refractivity contribution in [1.29, 1.82) is 0 Å². The van der Waals surface area contributed by atoms with Crippen molar-refractivity contribution in [3.63, 3.8) is 0 Å². The van der Waals surface area contributed by atoms with Crippen LogP contribution in [0.5, 0.6) is 0 Å². The van der Waals surface area contributed by atoms with Crippen LogP contribution in [0.3, 0.4) is 0 Å². The number of nitrogens with zero attached hydrogens (tertiary/aromatic N) is 3. The summed E-state index contributed by atoms with van der Waals surface area (Å²) in [7, 11) is 1.20. The number of rotatable bonds is 5. The van der Waals surface area contributed by atoms with E-state index in [-0.39, 0.29) is 23.1 Å². The molecule has 0 atom stereocenters. The van der Waals surface area contributed by atoms with Crippen molar-refractivity contribution in [2.24, 2.45) is 7.05 Å². The molecule has 9 heteroatoms. The molecule has 2 rings (SSSR count). The van der Waals surface area contributed by atoms with Gasteiger partial charge in [0, 0.05) is 21.1 Å². The van der Waals surface area contributed by atoms with Crippen LogP contribution in [0, 0.1) is 13.8 Å². The molecule has 0 spiro atoms. The summed E-state index contributed by atoms with van der Waals surface area (Å²) in [6.45, 7) is 3.29. The zero-order valence-electron chi connectivity index (χ0n) is 13.7. The fourth-order valence-corrected chi connectivity index (χ4v) is 3.62. The first-order valence-electron chi connectivity index (χ1n) is 6.93. The second-order valence-electron chi connectivity index (χ2n) is 5.41. The lowest BCUT2D eigenvalue weighted by Gasteiger charge is -2.07. The quantitative estimate of drug-likeness (QED) is 0.869. The standard InChI is InChI=1S/C14H20N4O4S/c1-9-13(10(2)18(5)16-9)23(20,21)15-8-11-6-7-12(22-11)14(19)17(3)4/h6-7,15H,8H2,1-5H3. The molecule has 1 amide bonds. The number of carbonyl (C=O) groups excluding carboxylic acids is 1. The summed E-state index contributed by atoms with van der Waals surface area (Å²) in [4.78, 5) is 13.3. The summed E-state index contributed by atoms with van der Waals surface area (Å²) in [5.74, 6) is 0.244. The molecule has 0 fully saturated rings. The molecular formula is C14H20N4O4S. The molecule has 0 aliphatic rings. The Hall–Kier alpha value is -2.13.